The second kappa shape index (κ2) is 16.6. The van der Waals surface area contributed by atoms with Crippen LogP contribution in [0.5, 0.6) is 86.2 Å². The number of benzene rings is 5. The van der Waals surface area contributed by atoms with Crippen LogP contribution in [0.3, 0.4) is 0 Å². The largest absolute Gasteiger partial charge is 0.504 e. The van der Waals surface area contributed by atoms with E-state index in [0.717, 1.165) is 0 Å². The molecule has 6 heterocycles. The highest BCUT2D eigenvalue weighted by Gasteiger charge is 2.65. The van der Waals surface area contributed by atoms with Crippen LogP contribution in [0.25, 0.3) is 33.4 Å². The molecule has 0 amide bonds. The number of cyclic esters (lactones) is 1. The molecule has 1 fully saturated rings. The van der Waals surface area contributed by atoms with Crippen molar-refractivity contribution in [1.29, 1.82) is 0 Å². The Bertz CT molecular complexity index is 3510. The number of carbonyl (C=O) groups is 5. The number of aliphatic hydroxyl groups is 4. The maximum Gasteiger partial charge on any atom is 0.340 e. The molecule has 30 heteroatoms. The molecule has 6 aliphatic heterocycles. The Hall–Kier alpha value is -9.75. The first-order valence-corrected chi connectivity index (χ1v) is 21.5. The molecule has 0 aliphatic carbocycles. The molecule has 9 atom stereocenters. The van der Waals surface area contributed by atoms with Gasteiger partial charge in [0.05, 0.1) is 40.3 Å². The van der Waals surface area contributed by atoms with Gasteiger partial charge in [0.15, 0.2) is 81.9 Å². The number of rotatable bonds is 1. The molecule has 0 unspecified atom stereocenters. The molecule has 398 valence electrons. The van der Waals surface area contributed by atoms with E-state index in [1.54, 1.807) is 0 Å². The number of hydrogen-bond donors (Lipinski definition) is 19. The smallest absolute Gasteiger partial charge is 0.340 e. The van der Waals surface area contributed by atoms with Crippen molar-refractivity contribution in [1.82, 2.24) is 0 Å². The summed E-state index contributed by atoms with van der Waals surface area (Å²) in [4.78, 5) is 74.4. The van der Waals surface area contributed by atoms with Gasteiger partial charge in [-0.1, -0.05) is 0 Å². The summed E-state index contributed by atoms with van der Waals surface area (Å²) in [6.07, 6.45) is -19.3. The fourth-order valence-corrected chi connectivity index (χ4v) is 9.99. The summed E-state index contributed by atoms with van der Waals surface area (Å²) in [5, 5.41) is 214. The Morgan fingerprint density at radius 1 is 0.395 bits per heavy atom. The van der Waals surface area contributed by atoms with Crippen LogP contribution < -0.4 is 0 Å². The van der Waals surface area contributed by atoms with Crippen LogP contribution in [0.4, 0.5) is 0 Å². The average Bonchev–Trinajstić information content (AvgIpc) is 3.44. The number of phenolic OH excluding ortho intramolecular Hbond substituents is 15. The topological polar surface area (TPSA) is 525 Å². The van der Waals surface area contributed by atoms with E-state index in [9.17, 15) is 111 Å². The number of esters is 5. The highest BCUT2D eigenvalue weighted by atomic mass is 16.7. The molecular weight excluding hydrogens is 1030 g/mol. The third-order valence-electron chi connectivity index (χ3n) is 13.6. The van der Waals surface area contributed by atoms with E-state index in [0.29, 0.717) is 6.07 Å². The van der Waals surface area contributed by atoms with Gasteiger partial charge in [0.2, 0.25) is 34.5 Å². The Morgan fingerprint density at radius 2 is 0.789 bits per heavy atom. The maximum atomic E-state index is 15.5. The van der Waals surface area contributed by atoms with Gasteiger partial charge in [-0.3, -0.25) is 0 Å². The number of phenols is 15. The third kappa shape index (κ3) is 6.61. The fraction of sp³-hybridized carbons (Fsp3) is 0.239. The molecule has 6 bridgehead atoms. The SMILES string of the molecule is O=C1OC[C@H]2OC(=O)c3cc(O)c(O)c(O)c3-c3c(O)c(O)c(O)c4c3C(=O)O[C@H]([C@H]3OC(=O)c5c-4c(O)c(O)c(O)c5[C@H]3[C@]3(O)OC[C@@H](O)[C@H](O)[C@H]3O)[C@@H]2OC(=O)c2cc(O)c(O)c(O)c2-c2c1cc(O)c(O)c2O. The van der Waals surface area contributed by atoms with Gasteiger partial charge in [-0.25, -0.2) is 24.0 Å². The number of ether oxygens (including phenoxy) is 6. The number of aromatic hydroxyl groups is 15. The molecule has 0 spiro atoms. The van der Waals surface area contributed by atoms with E-state index >= 15 is 9.59 Å². The molecule has 19 N–H and O–H groups in total. The van der Waals surface area contributed by atoms with Gasteiger partial charge in [0.25, 0.3) is 0 Å². The van der Waals surface area contributed by atoms with E-state index in [-0.39, 0.29) is 12.1 Å². The molecule has 0 aromatic heterocycles. The average molecular weight is 1070 g/mol. The summed E-state index contributed by atoms with van der Waals surface area (Å²) in [6.45, 7) is -2.84. The minimum atomic E-state index is -3.72. The lowest BCUT2D eigenvalue weighted by Gasteiger charge is -2.51. The van der Waals surface area contributed by atoms with Crippen LogP contribution >= 0.6 is 0 Å². The molecule has 0 saturated carbocycles. The lowest BCUT2D eigenvalue weighted by atomic mass is 9.71. The summed E-state index contributed by atoms with van der Waals surface area (Å²) >= 11 is 0. The number of fused-ring (bicyclic) bond motifs is 7. The van der Waals surface area contributed by atoms with Gasteiger partial charge in [0.1, 0.15) is 24.9 Å². The summed E-state index contributed by atoms with van der Waals surface area (Å²) in [6, 6.07) is 0.916. The van der Waals surface area contributed by atoms with Crippen molar-refractivity contribution >= 4 is 29.8 Å². The van der Waals surface area contributed by atoms with E-state index in [1.165, 1.54) is 0 Å². The summed E-state index contributed by atoms with van der Waals surface area (Å²) in [5.74, 6) is -40.7. The zero-order valence-electron chi connectivity index (χ0n) is 37.3. The highest BCUT2D eigenvalue weighted by molar-refractivity contribution is 6.16. The summed E-state index contributed by atoms with van der Waals surface area (Å²) in [5.41, 5.74) is -16.3. The first-order valence-electron chi connectivity index (χ1n) is 21.5. The van der Waals surface area contributed by atoms with Crippen LogP contribution in [0, 0.1) is 0 Å². The van der Waals surface area contributed by atoms with Crippen LogP contribution in [0.1, 0.15) is 63.3 Å². The lowest BCUT2D eigenvalue weighted by molar-refractivity contribution is -0.341. The molecule has 30 nitrogen and oxygen atoms in total. The molecule has 0 radical (unpaired) electrons. The Kier molecular flexibility index (Phi) is 10.9. The predicted octanol–water partition coefficient (Wildman–Crippen LogP) is -0.830. The van der Waals surface area contributed by atoms with Crippen molar-refractivity contribution in [2.24, 2.45) is 0 Å². The maximum absolute atomic E-state index is 15.5. The fourth-order valence-electron chi connectivity index (χ4n) is 9.99. The van der Waals surface area contributed by atoms with E-state index < -0.39 is 250 Å². The van der Waals surface area contributed by atoms with Crippen LogP contribution in [0.2, 0.25) is 0 Å². The molecule has 76 heavy (non-hydrogen) atoms. The second-order valence-corrected chi connectivity index (χ2v) is 17.6. The van der Waals surface area contributed by atoms with E-state index in [4.69, 9.17) is 28.4 Å². The van der Waals surface area contributed by atoms with Crippen molar-refractivity contribution in [2.45, 2.75) is 54.4 Å². The molecule has 11 rings (SSSR count). The van der Waals surface area contributed by atoms with Crippen LogP contribution in [0.15, 0.2) is 18.2 Å². The van der Waals surface area contributed by atoms with Gasteiger partial charge < -0.3 is 125 Å². The quantitative estimate of drug-likeness (QED) is 0.0553. The van der Waals surface area contributed by atoms with Gasteiger partial charge in [-0.2, -0.15) is 0 Å². The zero-order valence-corrected chi connectivity index (χ0v) is 37.3. The first kappa shape index (κ1) is 49.8. The zero-order chi connectivity index (χ0) is 55.4. The van der Waals surface area contributed by atoms with Crippen molar-refractivity contribution in [2.75, 3.05) is 13.2 Å². The second-order valence-electron chi connectivity index (χ2n) is 17.6. The third-order valence-corrected chi connectivity index (χ3v) is 13.6. The molecule has 1 saturated heterocycles. The van der Waals surface area contributed by atoms with Gasteiger partial charge in [0, 0.05) is 38.9 Å². The predicted molar refractivity (Wildman–Crippen MR) is 233 cm³/mol. The standard InChI is InChI=1S/C46H34O30/c47-9-1-6-14(28(55)24(9)51)15-7(2-10(48)25(52)29(15)56)43(67)74-37-13(5-71-41(6)65)73-42(66)8-3-11(49)26(53)30(57)16(8)17-20-18(32(59)35(62)31(17)58)19-21-22(34(61)36(63)33(19)60)23(38(75-45(21)69)39(37)76-44(20)68)46(70)40(64)27(54)12(50)4-72-46/h1-3,12-13,23,27,37-40,47-64,70H,4-5H2/t12-,13-,23-,27+,37-,38+,39+,40-,46+/m1/s1. The van der Waals surface area contributed by atoms with Gasteiger partial charge in [-0.15, -0.1) is 0 Å². The Morgan fingerprint density at radius 3 is 1.32 bits per heavy atom. The summed E-state index contributed by atoms with van der Waals surface area (Å²) in [7, 11) is 0. The normalized spacial score (nSPS) is 25.7. The van der Waals surface area contributed by atoms with Crippen molar-refractivity contribution in [3.8, 4) is 120 Å². The number of hydrogen-bond acceptors (Lipinski definition) is 30. The van der Waals surface area contributed by atoms with Crippen molar-refractivity contribution in [3.63, 3.8) is 0 Å². The highest BCUT2D eigenvalue weighted by Crippen LogP contribution is 2.63. The van der Waals surface area contributed by atoms with Crippen LogP contribution in [-0.2, 0) is 28.4 Å². The van der Waals surface area contributed by atoms with E-state index in [1.807, 2.05) is 0 Å². The van der Waals surface area contributed by atoms with Crippen molar-refractivity contribution in [3.05, 3.63) is 51.6 Å². The monoisotopic (exact) mass is 1070 g/mol. The summed E-state index contributed by atoms with van der Waals surface area (Å²) < 4.78 is 34.0. The van der Waals surface area contributed by atoms with Crippen molar-refractivity contribution < 1.29 is 149 Å². The van der Waals surface area contributed by atoms with Crippen LogP contribution in [-0.4, -0.2) is 189 Å². The van der Waals surface area contributed by atoms with E-state index in [2.05, 4.69) is 0 Å². The molecular formula is C46H34O30. The lowest BCUT2D eigenvalue weighted by Crippen LogP contribution is -2.68. The molecule has 5 aromatic carbocycles. The minimum Gasteiger partial charge on any atom is -0.504 e. The van der Waals surface area contributed by atoms with Gasteiger partial charge >= 0.3 is 29.8 Å². The Labute approximate surface area is 417 Å². The van der Waals surface area contributed by atoms with Gasteiger partial charge in [-0.05, 0) is 18.2 Å². The first-order chi connectivity index (χ1) is 35.7. The molecule has 6 aliphatic rings. The molecule has 5 aromatic rings. The minimum absolute atomic E-state index is 0.271. The number of carbonyl (C=O) groups excluding carboxylic acids is 5. The Balaban J connectivity index is 1.39. The number of aliphatic hydroxyl groups excluding tert-OH is 3.